The zero-order valence-corrected chi connectivity index (χ0v) is 31.1. The molecule has 1 aliphatic rings. The van der Waals surface area contributed by atoms with E-state index < -0.39 is 36.5 Å². The van der Waals surface area contributed by atoms with Crippen molar-refractivity contribution in [2.45, 2.75) is 125 Å². The van der Waals surface area contributed by atoms with Gasteiger partial charge in [-0.2, -0.15) is 0 Å². The van der Waals surface area contributed by atoms with Crippen LogP contribution < -0.4 is 0 Å². The molecule has 0 unspecified atom stereocenters. The maximum absolute atomic E-state index is 13.0. The monoisotopic (exact) mass is 666 g/mol. The van der Waals surface area contributed by atoms with Crippen LogP contribution in [0.2, 0.25) is 0 Å². The van der Waals surface area contributed by atoms with Crippen LogP contribution in [0.1, 0.15) is 94.4 Å². The average molecular weight is 667 g/mol. The van der Waals surface area contributed by atoms with E-state index in [2.05, 4.69) is 39.8 Å². The number of allylic oxidation sites excluding steroid dienone is 9. The molecule has 6 nitrogen and oxygen atoms in total. The first kappa shape index (κ1) is 43.3. The minimum atomic E-state index is -0.722. The smallest absolute Gasteiger partial charge is 0.330 e. The Morgan fingerprint density at radius 3 is 2.31 bits per heavy atom. The van der Waals surface area contributed by atoms with Crippen molar-refractivity contribution in [3.05, 3.63) is 96.2 Å². The first-order chi connectivity index (χ1) is 22.6. The Morgan fingerprint density at radius 2 is 1.62 bits per heavy atom. The molecule has 0 saturated heterocycles. The number of cyclic esters (lactones) is 1. The minimum absolute atomic E-state index is 0.0224. The molecule has 1 rings (SSSR count). The van der Waals surface area contributed by atoms with E-state index in [-0.39, 0.29) is 35.5 Å². The number of ether oxygens (including phenoxy) is 1. The molecule has 6 heteroatoms. The van der Waals surface area contributed by atoms with Gasteiger partial charge in [0.2, 0.25) is 0 Å². The van der Waals surface area contributed by atoms with E-state index >= 15 is 0 Å². The van der Waals surface area contributed by atoms with Crippen LogP contribution in [0, 0.1) is 35.5 Å². The summed E-state index contributed by atoms with van der Waals surface area (Å²) in [4.78, 5) is 13.0. The Kier molecular flexibility index (Phi) is 21.2. The van der Waals surface area contributed by atoms with Gasteiger partial charge in [-0.1, -0.05) is 139 Å². The molecule has 11 atom stereocenters. The van der Waals surface area contributed by atoms with Gasteiger partial charge in [-0.05, 0) is 62.4 Å². The molecule has 0 spiro atoms. The SMILES string of the molecule is CC[C@H](C)[C@@H](O)/C=C/C(C)=C/C=C/[C@H](C)C[C@@H](C)[C@H]1C[C@H](O)[C@H](C)/C=C\C=C/[C@H](C)C/C=C(/C)[C@H](O)/C=C\C[C@H](O)[C@H](C)/C=C\C(=O)O1. The topological polar surface area (TPSA) is 107 Å². The van der Waals surface area contributed by atoms with Crippen molar-refractivity contribution in [1.82, 2.24) is 0 Å². The molecule has 0 radical (unpaired) electrons. The lowest BCUT2D eigenvalue weighted by Gasteiger charge is -2.28. The summed E-state index contributed by atoms with van der Waals surface area (Å²) in [5.74, 6) is -0.287. The fraction of sp³-hybridized carbons (Fsp3) is 0.595. The third-order valence-corrected chi connectivity index (χ3v) is 9.39. The van der Waals surface area contributed by atoms with Gasteiger partial charge in [0, 0.05) is 24.3 Å². The van der Waals surface area contributed by atoms with E-state index in [0.717, 1.165) is 30.4 Å². The van der Waals surface area contributed by atoms with Crippen molar-refractivity contribution in [1.29, 1.82) is 0 Å². The predicted molar refractivity (Wildman–Crippen MR) is 200 cm³/mol. The minimum Gasteiger partial charge on any atom is -0.459 e. The van der Waals surface area contributed by atoms with Crippen LogP contribution in [0.15, 0.2) is 96.2 Å². The number of hydrogen-bond acceptors (Lipinski definition) is 6. The summed E-state index contributed by atoms with van der Waals surface area (Å²) in [6, 6.07) is 0. The maximum atomic E-state index is 13.0. The maximum Gasteiger partial charge on any atom is 0.330 e. The van der Waals surface area contributed by atoms with Gasteiger partial charge in [0.05, 0.1) is 24.4 Å². The van der Waals surface area contributed by atoms with Crippen molar-refractivity contribution in [3.63, 3.8) is 0 Å². The molecule has 0 saturated carbocycles. The molecule has 0 bridgehead atoms. The Bertz CT molecular complexity index is 1170. The van der Waals surface area contributed by atoms with Crippen LogP contribution in [0.4, 0.5) is 0 Å². The second-order valence-corrected chi connectivity index (χ2v) is 14.2. The highest BCUT2D eigenvalue weighted by Crippen LogP contribution is 2.25. The molecular weight excluding hydrogens is 600 g/mol. The number of aliphatic hydroxyl groups excluding tert-OH is 4. The van der Waals surface area contributed by atoms with Gasteiger partial charge >= 0.3 is 5.97 Å². The summed E-state index contributed by atoms with van der Waals surface area (Å²) < 4.78 is 5.97. The fourth-order valence-electron chi connectivity index (χ4n) is 5.25. The number of rotatable bonds is 9. The second-order valence-electron chi connectivity index (χ2n) is 14.2. The quantitative estimate of drug-likeness (QED) is 0.112. The van der Waals surface area contributed by atoms with E-state index in [0.29, 0.717) is 12.8 Å². The highest BCUT2D eigenvalue weighted by molar-refractivity contribution is 5.82. The summed E-state index contributed by atoms with van der Waals surface area (Å²) >= 11 is 0. The Morgan fingerprint density at radius 1 is 0.958 bits per heavy atom. The van der Waals surface area contributed by atoms with Crippen LogP contribution in [0.25, 0.3) is 0 Å². The lowest BCUT2D eigenvalue weighted by atomic mass is 9.87. The normalized spacial score (nSPS) is 34.1. The Balaban J connectivity index is 3.13. The van der Waals surface area contributed by atoms with Crippen LogP contribution in [0.5, 0.6) is 0 Å². The highest BCUT2D eigenvalue weighted by Gasteiger charge is 2.27. The molecule has 48 heavy (non-hydrogen) atoms. The van der Waals surface area contributed by atoms with E-state index in [1.165, 1.54) is 6.08 Å². The van der Waals surface area contributed by atoms with Crippen LogP contribution in [-0.2, 0) is 9.53 Å². The molecule has 0 aromatic heterocycles. The number of carbonyl (C=O) groups is 1. The van der Waals surface area contributed by atoms with Crippen LogP contribution >= 0.6 is 0 Å². The first-order valence-corrected chi connectivity index (χ1v) is 18.0. The molecule has 4 N–H and O–H groups in total. The number of aliphatic hydroxyl groups is 4. The summed E-state index contributed by atoms with van der Waals surface area (Å²) in [7, 11) is 0. The molecule has 0 amide bonds. The average Bonchev–Trinajstić information content (AvgIpc) is 3.05. The Labute approximate surface area is 292 Å². The number of carbonyl (C=O) groups excluding carboxylic acids is 1. The second kappa shape index (κ2) is 23.6. The van der Waals surface area contributed by atoms with Crippen molar-refractivity contribution >= 4 is 5.97 Å². The molecule has 270 valence electrons. The fourth-order valence-corrected chi connectivity index (χ4v) is 5.25. The van der Waals surface area contributed by atoms with Crippen molar-refractivity contribution in [3.8, 4) is 0 Å². The van der Waals surface area contributed by atoms with E-state index in [9.17, 15) is 25.2 Å². The summed E-state index contributed by atoms with van der Waals surface area (Å²) in [6.45, 7) is 18.1. The van der Waals surface area contributed by atoms with Crippen LogP contribution in [0.3, 0.4) is 0 Å². The van der Waals surface area contributed by atoms with Gasteiger partial charge in [-0.15, -0.1) is 0 Å². The lowest BCUT2D eigenvalue weighted by Crippen LogP contribution is -2.32. The summed E-state index contributed by atoms with van der Waals surface area (Å²) in [5, 5.41) is 42.5. The van der Waals surface area contributed by atoms with Gasteiger partial charge in [0.15, 0.2) is 0 Å². The third-order valence-electron chi connectivity index (χ3n) is 9.39. The zero-order chi connectivity index (χ0) is 36.2. The van der Waals surface area contributed by atoms with Crippen molar-refractivity contribution in [2.75, 3.05) is 0 Å². The van der Waals surface area contributed by atoms with Gasteiger partial charge < -0.3 is 25.2 Å². The largest absolute Gasteiger partial charge is 0.459 e. The van der Waals surface area contributed by atoms with Gasteiger partial charge in [0.25, 0.3) is 0 Å². The van der Waals surface area contributed by atoms with E-state index in [4.69, 9.17) is 4.74 Å². The van der Waals surface area contributed by atoms with E-state index in [1.54, 1.807) is 18.2 Å². The first-order valence-electron chi connectivity index (χ1n) is 18.0. The van der Waals surface area contributed by atoms with Crippen molar-refractivity contribution < 1.29 is 30.0 Å². The van der Waals surface area contributed by atoms with Gasteiger partial charge in [-0.25, -0.2) is 4.79 Å². The molecule has 0 aromatic carbocycles. The molecular formula is C42H66O6. The number of esters is 1. The molecule has 0 fully saturated rings. The zero-order valence-electron chi connectivity index (χ0n) is 31.1. The highest BCUT2D eigenvalue weighted by atomic mass is 16.5. The molecule has 0 aromatic rings. The van der Waals surface area contributed by atoms with Gasteiger partial charge in [-0.3, -0.25) is 0 Å². The number of hydrogen-bond donors (Lipinski definition) is 4. The van der Waals surface area contributed by atoms with E-state index in [1.807, 2.05) is 83.2 Å². The molecule has 1 heterocycles. The summed E-state index contributed by atoms with van der Waals surface area (Å²) in [5.41, 5.74) is 1.90. The predicted octanol–water partition coefficient (Wildman–Crippen LogP) is 8.37. The summed E-state index contributed by atoms with van der Waals surface area (Å²) in [6.07, 6.45) is 26.5. The van der Waals surface area contributed by atoms with Gasteiger partial charge in [0.1, 0.15) is 6.10 Å². The standard InChI is InChI=1S/C42H66O6/c1-10-32(5)39(45)25-22-30(3)16-13-17-31(4)27-36(9)41-28-40(46)33(6)18-12-11-15-29(2)21-23-34(7)37(43)19-14-20-38(44)35(8)24-26-42(47)48-41/h11-19,22-26,29,31-33,35-41,43-46H,10,20-21,27-28H2,1-9H3/b15-11-,17-13+,18-12-,19-14-,25-22+,26-24-,30-16+,34-23-/t29-,31-,32-,33+,35+,36+,37+,38-,39-,40-,41+/m0/s1. The lowest BCUT2D eigenvalue weighted by molar-refractivity contribution is -0.147. The molecule has 1 aliphatic heterocycles. The van der Waals surface area contributed by atoms with Crippen LogP contribution in [-0.4, -0.2) is 56.9 Å². The Hall–Kier alpha value is -2.77. The third kappa shape index (κ3) is 18.1. The van der Waals surface area contributed by atoms with Crippen molar-refractivity contribution in [2.24, 2.45) is 35.5 Å². The molecule has 0 aliphatic carbocycles.